The van der Waals surface area contributed by atoms with Crippen LogP contribution in [0.3, 0.4) is 0 Å². The van der Waals surface area contributed by atoms with Gasteiger partial charge in [-0.2, -0.15) is 0 Å². The number of carbonyl (C=O) groups excluding carboxylic acids is 1. The first-order valence-corrected chi connectivity index (χ1v) is 6.54. The topological polar surface area (TPSA) is 55.1 Å². The number of amides is 1. The maximum absolute atomic E-state index is 13.2. The Morgan fingerprint density at radius 3 is 2.90 bits per heavy atom. The van der Waals surface area contributed by atoms with Crippen LogP contribution in [-0.2, 0) is 6.42 Å². The standard InChI is InChI=1S/C15H17FN2O2/c1-4-13-14(10(3)20-18-13)15(19)17-9(2)11-6-5-7-12(16)8-11/h5-9H,4H2,1-3H3,(H,17,19)/t9-/m0/s1. The van der Waals surface area contributed by atoms with Crippen molar-refractivity contribution in [1.82, 2.24) is 10.5 Å². The fourth-order valence-corrected chi connectivity index (χ4v) is 2.08. The van der Waals surface area contributed by atoms with E-state index >= 15 is 0 Å². The van der Waals surface area contributed by atoms with E-state index in [1.54, 1.807) is 26.0 Å². The molecule has 1 atom stereocenters. The summed E-state index contributed by atoms with van der Waals surface area (Å²) >= 11 is 0. The molecule has 0 unspecified atom stereocenters. The fourth-order valence-electron chi connectivity index (χ4n) is 2.08. The van der Waals surface area contributed by atoms with Crippen molar-refractivity contribution in [2.24, 2.45) is 0 Å². The second-order valence-electron chi connectivity index (χ2n) is 4.66. The molecule has 1 aromatic heterocycles. The number of benzene rings is 1. The average Bonchev–Trinajstić information content (AvgIpc) is 2.79. The predicted octanol–water partition coefficient (Wildman–Crippen LogP) is 3.18. The molecule has 5 heteroatoms. The predicted molar refractivity (Wildman–Crippen MR) is 72.9 cm³/mol. The van der Waals surface area contributed by atoms with Crippen LogP contribution in [0.15, 0.2) is 28.8 Å². The van der Waals surface area contributed by atoms with E-state index in [9.17, 15) is 9.18 Å². The number of nitrogens with zero attached hydrogens (tertiary/aromatic N) is 1. The molecular weight excluding hydrogens is 259 g/mol. The Hall–Kier alpha value is -2.17. The molecule has 0 radical (unpaired) electrons. The summed E-state index contributed by atoms with van der Waals surface area (Å²) in [4.78, 5) is 12.3. The van der Waals surface area contributed by atoms with Crippen molar-refractivity contribution in [2.45, 2.75) is 33.2 Å². The summed E-state index contributed by atoms with van der Waals surface area (Å²) in [6.07, 6.45) is 0.619. The van der Waals surface area contributed by atoms with Crippen LogP contribution in [0.2, 0.25) is 0 Å². The van der Waals surface area contributed by atoms with Crippen molar-refractivity contribution < 1.29 is 13.7 Å². The Morgan fingerprint density at radius 2 is 2.25 bits per heavy atom. The van der Waals surface area contributed by atoms with E-state index in [2.05, 4.69) is 10.5 Å². The van der Waals surface area contributed by atoms with Gasteiger partial charge in [0.2, 0.25) is 0 Å². The van der Waals surface area contributed by atoms with E-state index in [1.807, 2.05) is 6.92 Å². The van der Waals surface area contributed by atoms with E-state index < -0.39 is 0 Å². The molecule has 1 aromatic carbocycles. The largest absolute Gasteiger partial charge is 0.361 e. The smallest absolute Gasteiger partial charge is 0.257 e. The van der Waals surface area contributed by atoms with Gasteiger partial charge in [-0.15, -0.1) is 0 Å². The van der Waals surface area contributed by atoms with Gasteiger partial charge in [-0.1, -0.05) is 24.2 Å². The first-order valence-electron chi connectivity index (χ1n) is 6.54. The van der Waals surface area contributed by atoms with Crippen LogP contribution in [0.5, 0.6) is 0 Å². The number of nitrogens with one attached hydrogen (secondary N) is 1. The Bertz CT molecular complexity index is 622. The minimum atomic E-state index is -0.320. The van der Waals surface area contributed by atoms with Gasteiger partial charge in [-0.25, -0.2) is 4.39 Å². The molecule has 4 nitrogen and oxygen atoms in total. The first-order chi connectivity index (χ1) is 9.52. The lowest BCUT2D eigenvalue weighted by molar-refractivity contribution is 0.0937. The number of rotatable bonds is 4. The van der Waals surface area contributed by atoms with E-state index in [0.717, 1.165) is 0 Å². The summed E-state index contributed by atoms with van der Waals surface area (Å²) in [6, 6.07) is 5.88. The summed E-state index contributed by atoms with van der Waals surface area (Å²) in [5.74, 6) is -0.0813. The molecule has 106 valence electrons. The maximum Gasteiger partial charge on any atom is 0.257 e. The third kappa shape index (κ3) is 2.87. The fraction of sp³-hybridized carbons (Fsp3) is 0.333. The number of aromatic nitrogens is 1. The molecule has 0 saturated carbocycles. The number of hydrogen-bond donors (Lipinski definition) is 1. The number of hydrogen-bond acceptors (Lipinski definition) is 3. The molecule has 1 N–H and O–H groups in total. The molecule has 1 heterocycles. The van der Waals surface area contributed by atoms with Crippen LogP contribution in [0.1, 0.15) is 47.3 Å². The molecule has 20 heavy (non-hydrogen) atoms. The summed E-state index contributed by atoms with van der Waals surface area (Å²) < 4.78 is 18.2. The second-order valence-corrected chi connectivity index (χ2v) is 4.66. The normalized spacial score (nSPS) is 12.2. The van der Waals surface area contributed by atoms with Crippen molar-refractivity contribution in [3.05, 3.63) is 52.7 Å². The molecule has 2 aromatic rings. The monoisotopic (exact) mass is 276 g/mol. The summed E-state index contributed by atoms with van der Waals surface area (Å²) in [6.45, 7) is 5.42. The highest BCUT2D eigenvalue weighted by molar-refractivity contribution is 5.96. The number of aryl methyl sites for hydroxylation is 2. The van der Waals surface area contributed by atoms with E-state index in [4.69, 9.17) is 4.52 Å². The van der Waals surface area contributed by atoms with Gasteiger partial charge < -0.3 is 9.84 Å². The summed E-state index contributed by atoms with van der Waals surface area (Å²) in [5, 5.41) is 6.69. The lowest BCUT2D eigenvalue weighted by atomic mass is 10.1. The maximum atomic E-state index is 13.2. The van der Waals surface area contributed by atoms with Gasteiger partial charge in [0.05, 0.1) is 11.7 Å². The van der Waals surface area contributed by atoms with Crippen molar-refractivity contribution in [3.63, 3.8) is 0 Å². The molecule has 0 aliphatic carbocycles. The van der Waals surface area contributed by atoms with Gasteiger partial charge in [0.1, 0.15) is 17.1 Å². The summed E-state index contributed by atoms with van der Waals surface area (Å²) in [7, 11) is 0. The van der Waals surface area contributed by atoms with Crippen LogP contribution in [0.4, 0.5) is 4.39 Å². The highest BCUT2D eigenvalue weighted by atomic mass is 19.1. The Balaban J connectivity index is 2.17. The zero-order valence-corrected chi connectivity index (χ0v) is 11.7. The van der Waals surface area contributed by atoms with Crippen molar-refractivity contribution >= 4 is 5.91 Å². The van der Waals surface area contributed by atoms with Gasteiger partial charge in [-0.05, 0) is 38.0 Å². The zero-order chi connectivity index (χ0) is 14.7. The van der Waals surface area contributed by atoms with Gasteiger partial charge in [0, 0.05) is 0 Å². The molecular formula is C15H17FN2O2. The van der Waals surface area contributed by atoms with E-state index in [1.165, 1.54) is 12.1 Å². The molecule has 0 saturated heterocycles. The average molecular weight is 276 g/mol. The molecule has 0 fully saturated rings. The molecule has 0 aliphatic rings. The Morgan fingerprint density at radius 1 is 1.50 bits per heavy atom. The molecule has 0 bridgehead atoms. The lowest BCUT2D eigenvalue weighted by Crippen LogP contribution is -2.27. The van der Waals surface area contributed by atoms with Gasteiger partial charge in [0.15, 0.2) is 0 Å². The van der Waals surface area contributed by atoms with Crippen molar-refractivity contribution in [3.8, 4) is 0 Å². The second kappa shape index (κ2) is 5.86. The van der Waals surface area contributed by atoms with Crippen molar-refractivity contribution in [2.75, 3.05) is 0 Å². The Labute approximate surface area is 117 Å². The van der Waals surface area contributed by atoms with Gasteiger partial charge >= 0.3 is 0 Å². The van der Waals surface area contributed by atoms with Crippen LogP contribution in [-0.4, -0.2) is 11.1 Å². The van der Waals surface area contributed by atoms with E-state index in [-0.39, 0.29) is 17.8 Å². The number of carbonyl (C=O) groups is 1. The van der Waals surface area contributed by atoms with E-state index in [0.29, 0.717) is 29.0 Å². The highest BCUT2D eigenvalue weighted by Crippen LogP contribution is 2.18. The SMILES string of the molecule is CCc1noc(C)c1C(=O)N[C@@H](C)c1cccc(F)c1. The molecule has 2 rings (SSSR count). The summed E-state index contributed by atoms with van der Waals surface area (Å²) in [5.41, 5.74) is 1.81. The van der Waals surface area contributed by atoms with Crippen LogP contribution in [0, 0.1) is 12.7 Å². The van der Waals surface area contributed by atoms with Crippen LogP contribution < -0.4 is 5.32 Å². The molecule has 0 spiro atoms. The quantitative estimate of drug-likeness (QED) is 0.933. The van der Waals surface area contributed by atoms with Crippen LogP contribution >= 0.6 is 0 Å². The minimum absolute atomic E-state index is 0.252. The minimum Gasteiger partial charge on any atom is -0.361 e. The lowest BCUT2D eigenvalue weighted by Gasteiger charge is -2.14. The first kappa shape index (κ1) is 14.2. The van der Waals surface area contributed by atoms with Crippen LogP contribution in [0.25, 0.3) is 0 Å². The third-order valence-electron chi connectivity index (χ3n) is 3.19. The molecule has 0 aliphatic heterocycles. The molecule has 1 amide bonds. The number of halogens is 1. The Kier molecular flexibility index (Phi) is 4.17. The zero-order valence-electron chi connectivity index (χ0n) is 11.7. The highest BCUT2D eigenvalue weighted by Gasteiger charge is 2.20. The third-order valence-corrected chi connectivity index (χ3v) is 3.19. The van der Waals surface area contributed by atoms with Gasteiger partial charge in [0.25, 0.3) is 5.91 Å². The van der Waals surface area contributed by atoms with Gasteiger partial charge in [-0.3, -0.25) is 4.79 Å². The van der Waals surface area contributed by atoms with Crippen molar-refractivity contribution in [1.29, 1.82) is 0 Å².